The zero-order valence-corrected chi connectivity index (χ0v) is 13.6. The van der Waals surface area contributed by atoms with Crippen LogP contribution in [-0.2, 0) is 6.42 Å². The molecular formula is C18H16N4O3. The molecule has 0 fully saturated rings. The van der Waals surface area contributed by atoms with E-state index in [0.29, 0.717) is 13.0 Å². The number of aromatic amines is 1. The number of anilines is 1. The van der Waals surface area contributed by atoms with Crippen LogP contribution in [0, 0.1) is 0 Å². The predicted molar refractivity (Wildman–Crippen MR) is 92.7 cm³/mol. The maximum absolute atomic E-state index is 11.1. The second kappa shape index (κ2) is 6.27. The van der Waals surface area contributed by atoms with Crippen LogP contribution in [0.25, 0.3) is 12.3 Å². The number of benzene rings is 1. The van der Waals surface area contributed by atoms with Crippen molar-refractivity contribution in [2.24, 2.45) is 0 Å². The van der Waals surface area contributed by atoms with Gasteiger partial charge >= 0.3 is 0 Å². The highest BCUT2D eigenvalue weighted by molar-refractivity contribution is 5.70. The van der Waals surface area contributed by atoms with Gasteiger partial charge in [-0.15, -0.1) is 0 Å². The van der Waals surface area contributed by atoms with Gasteiger partial charge in [0.1, 0.15) is 5.75 Å². The quantitative estimate of drug-likeness (QED) is 0.742. The van der Waals surface area contributed by atoms with Gasteiger partial charge in [-0.05, 0) is 29.8 Å². The Morgan fingerprint density at radius 3 is 3.04 bits per heavy atom. The van der Waals surface area contributed by atoms with Crippen molar-refractivity contribution in [2.75, 3.05) is 18.6 Å². The zero-order chi connectivity index (χ0) is 17.2. The van der Waals surface area contributed by atoms with Crippen molar-refractivity contribution in [3.05, 3.63) is 68.8 Å². The molecule has 0 bridgehead atoms. The Morgan fingerprint density at radius 2 is 2.24 bits per heavy atom. The van der Waals surface area contributed by atoms with Crippen LogP contribution in [-0.4, -0.2) is 29.0 Å². The van der Waals surface area contributed by atoms with Crippen molar-refractivity contribution >= 4 is 18.0 Å². The number of fused-ring (bicyclic) bond motifs is 1. The Hall–Kier alpha value is -3.35. The smallest absolute Gasteiger partial charge is 0.264 e. The molecule has 0 radical (unpaired) electrons. The molecule has 2 aromatic heterocycles. The molecule has 0 unspecified atom stereocenters. The first-order valence-corrected chi connectivity index (χ1v) is 7.84. The summed E-state index contributed by atoms with van der Waals surface area (Å²) in [5.74, 6) is 0.780. The molecular weight excluding hydrogens is 320 g/mol. The van der Waals surface area contributed by atoms with E-state index in [9.17, 15) is 4.79 Å². The lowest BCUT2D eigenvalue weighted by Gasteiger charge is -2.23. The Kier molecular flexibility index (Phi) is 3.81. The largest absolute Gasteiger partial charge is 0.495 e. The van der Waals surface area contributed by atoms with Crippen LogP contribution < -0.4 is 25.8 Å². The number of nitrogens with one attached hydrogen (secondary N) is 1. The summed E-state index contributed by atoms with van der Waals surface area (Å²) in [7, 11) is 1.65. The van der Waals surface area contributed by atoms with Crippen LogP contribution in [0.4, 0.5) is 5.69 Å². The second-order valence-corrected chi connectivity index (χ2v) is 5.73. The van der Waals surface area contributed by atoms with Crippen LogP contribution in [0.2, 0.25) is 0 Å². The maximum Gasteiger partial charge on any atom is 0.264 e. The molecule has 0 saturated heterocycles. The van der Waals surface area contributed by atoms with Gasteiger partial charge in [-0.3, -0.25) is 4.79 Å². The first-order valence-electron chi connectivity index (χ1n) is 7.84. The Labute approximate surface area is 142 Å². The molecule has 3 aromatic rings. The van der Waals surface area contributed by atoms with Crippen LogP contribution in [0.5, 0.6) is 5.75 Å². The topological polar surface area (TPSA) is 84.3 Å². The Balaban J connectivity index is 1.69. The van der Waals surface area contributed by atoms with E-state index in [4.69, 9.17) is 9.26 Å². The molecule has 0 aliphatic carbocycles. The fourth-order valence-electron chi connectivity index (χ4n) is 2.83. The summed E-state index contributed by atoms with van der Waals surface area (Å²) in [4.78, 5) is 13.2. The summed E-state index contributed by atoms with van der Waals surface area (Å²) in [6, 6.07) is 9.20. The molecule has 0 saturated carbocycles. The van der Waals surface area contributed by atoms with E-state index < -0.39 is 0 Å². The number of H-pyrrole nitrogens is 1. The lowest BCUT2D eigenvalue weighted by atomic mass is 10.1. The highest BCUT2D eigenvalue weighted by Gasteiger charge is 2.14. The molecule has 25 heavy (non-hydrogen) atoms. The first kappa shape index (κ1) is 15.2. The number of ether oxygens (including phenoxy) is 1. The van der Waals surface area contributed by atoms with E-state index >= 15 is 0 Å². The highest BCUT2D eigenvalue weighted by Crippen LogP contribution is 2.30. The van der Waals surface area contributed by atoms with Crippen molar-refractivity contribution in [1.82, 2.24) is 15.4 Å². The van der Waals surface area contributed by atoms with Crippen molar-refractivity contribution in [3.63, 3.8) is 0 Å². The van der Waals surface area contributed by atoms with E-state index in [1.807, 2.05) is 24.4 Å². The molecule has 0 atom stereocenters. The lowest BCUT2D eigenvalue weighted by Crippen LogP contribution is -2.33. The number of nitrogens with zero attached hydrogens (tertiary/aromatic N) is 3. The average Bonchev–Trinajstić information content (AvgIpc) is 3.11. The molecule has 0 amide bonds. The molecule has 1 aromatic carbocycles. The third-order valence-electron chi connectivity index (χ3n) is 4.07. The molecule has 3 heterocycles. The van der Waals surface area contributed by atoms with Crippen molar-refractivity contribution in [1.29, 1.82) is 0 Å². The number of hydrogen-bond acceptors (Lipinski definition) is 6. The first-order chi connectivity index (χ1) is 12.2. The van der Waals surface area contributed by atoms with Gasteiger partial charge in [0.25, 0.3) is 5.56 Å². The van der Waals surface area contributed by atoms with E-state index in [1.165, 1.54) is 6.07 Å². The minimum absolute atomic E-state index is 0.206. The van der Waals surface area contributed by atoms with Crippen LogP contribution >= 0.6 is 0 Å². The predicted octanol–water partition coefficient (Wildman–Crippen LogP) is 0.396. The zero-order valence-electron chi connectivity index (χ0n) is 13.6. The number of aromatic nitrogens is 3. The normalized spacial score (nSPS) is 12.9. The molecule has 0 spiro atoms. The summed E-state index contributed by atoms with van der Waals surface area (Å²) < 4.78 is 10.7. The number of rotatable bonds is 4. The van der Waals surface area contributed by atoms with Crippen LogP contribution in [0.15, 0.2) is 45.8 Å². The van der Waals surface area contributed by atoms with Gasteiger partial charge in [-0.2, -0.15) is 5.10 Å². The molecule has 7 heteroatoms. The van der Waals surface area contributed by atoms with Gasteiger partial charge in [0.05, 0.1) is 29.9 Å². The fraction of sp³-hybridized carbons (Fsp3) is 0.167. The standard InChI is InChI=1S/C18H16N4O3/c1-24-17-4-2-12(8-14-3-5-18(23)21-20-14)9-15(17)22-7-6-16-13(11-22)10-19-25-16/h2-6,9-11H,7-8H2,1H3,(H,21,23). The van der Waals surface area contributed by atoms with Gasteiger partial charge in [-0.1, -0.05) is 11.2 Å². The summed E-state index contributed by atoms with van der Waals surface area (Å²) in [6.45, 7) is 0.666. The maximum atomic E-state index is 11.1. The van der Waals surface area contributed by atoms with Gasteiger partial charge in [0.15, 0.2) is 5.42 Å². The highest BCUT2D eigenvalue weighted by atomic mass is 16.5. The number of hydrogen-bond donors (Lipinski definition) is 1. The van der Waals surface area contributed by atoms with Gasteiger partial charge in [0, 0.05) is 25.2 Å². The van der Waals surface area contributed by atoms with Crippen molar-refractivity contribution in [2.45, 2.75) is 6.42 Å². The molecule has 1 aliphatic rings. The molecule has 1 N–H and O–H groups in total. The molecule has 1 aliphatic heterocycles. The minimum Gasteiger partial charge on any atom is -0.495 e. The van der Waals surface area contributed by atoms with Gasteiger partial charge in [-0.25, -0.2) is 5.10 Å². The van der Waals surface area contributed by atoms with E-state index in [1.54, 1.807) is 19.4 Å². The summed E-state index contributed by atoms with van der Waals surface area (Å²) >= 11 is 0. The monoisotopic (exact) mass is 336 g/mol. The van der Waals surface area contributed by atoms with Crippen LogP contribution in [0.1, 0.15) is 11.3 Å². The van der Waals surface area contributed by atoms with Crippen molar-refractivity contribution < 1.29 is 9.26 Å². The Bertz CT molecular complexity index is 1060. The lowest BCUT2D eigenvalue weighted by molar-refractivity contribution is 0.392. The second-order valence-electron chi connectivity index (χ2n) is 5.73. The van der Waals surface area contributed by atoms with Crippen molar-refractivity contribution in [3.8, 4) is 5.75 Å². The molecule has 7 nitrogen and oxygen atoms in total. The molecule has 4 rings (SSSR count). The summed E-state index contributed by atoms with van der Waals surface area (Å²) in [5.41, 5.74) is 3.39. The third kappa shape index (κ3) is 3.03. The number of methoxy groups -OCH3 is 1. The summed E-state index contributed by atoms with van der Waals surface area (Å²) in [6.07, 6.45) is 6.28. The van der Waals surface area contributed by atoms with E-state index in [2.05, 4.69) is 26.3 Å². The fourth-order valence-corrected chi connectivity index (χ4v) is 2.83. The van der Waals surface area contributed by atoms with Gasteiger partial charge in [0.2, 0.25) is 0 Å². The van der Waals surface area contributed by atoms with E-state index in [0.717, 1.165) is 33.3 Å². The molecule has 126 valence electrons. The summed E-state index contributed by atoms with van der Waals surface area (Å²) in [5, 5.41) is 11.3. The average molecular weight is 336 g/mol. The SMILES string of the molecule is COc1ccc(Cc2ccc(=O)[nH]n2)cc1N1C=c2cnoc2=CC1. The van der Waals surface area contributed by atoms with Crippen LogP contribution in [0.3, 0.4) is 0 Å². The van der Waals surface area contributed by atoms with Gasteiger partial charge < -0.3 is 14.2 Å². The Morgan fingerprint density at radius 1 is 1.32 bits per heavy atom. The third-order valence-corrected chi connectivity index (χ3v) is 4.07. The van der Waals surface area contributed by atoms with E-state index in [-0.39, 0.29) is 5.56 Å². The minimum atomic E-state index is -0.206.